The van der Waals surface area contributed by atoms with Crippen molar-refractivity contribution in [3.05, 3.63) is 41.6 Å². The number of anilines is 1. The minimum atomic E-state index is -0.521. The maximum Gasteiger partial charge on any atom is 0.330 e. The van der Waals surface area contributed by atoms with Crippen LogP contribution in [0.4, 0.5) is 5.82 Å². The minimum Gasteiger partial charge on any atom is -0.467 e. The van der Waals surface area contributed by atoms with Gasteiger partial charge in [0.05, 0.1) is 31.5 Å². The average Bonchev–Trinajstić information content (AvgIpc) is 3.12. The van der Waals surface area contributed by atoms with Crippen molar-refractivity contribution >= 4 is 34.3 Å². The van der Waals surface area contributed by atoms with E-state index in [1.165, 1.54) is 7.11 Å². The van der Waals surface area contributed by atoms with Crippen LogP contribution in [-0.4, -0.2) is 54.1 Å². The number of fused-ring (bicyclic) bond motifs is 1. The second kappa shape index (κ2) is 6.93. The lowest BCUT2D eigenvalue weighted by Gasteiger charge is -2.33. The zero-order valence-electron chi connectivity index (χ0n) is 14.1. The quantitative estimate of drug-likeness (QED) is 0.712. The van der Waals surface area contributed by atoms with E-state index >= 15 is 0 Å². The number of benzene rings is 1. The van der Waals surface area contributed by atoms with Crippen LogP contribution in [0.25, 0.3) is 22.2 Å². The summed E-state index contributed by atoms with van der Waals surface area (Å²) in [6, 6.07) is 8.84. The van der Waals surface area contributed by atoms with Gasteiger partial charge in [-0.3, -0.25) is 10.1 Å². The number of aromatic nitrogens is 3. The molecule has 134 valence electrons. The number of methoxy groups -OCH3 is 1. The van der Waals surface area contributed by atoms with Crippen LogP contribution in [-0.2, 0) is 14.3 Å². The van der Waals surface area contributed by atoms with Gasteiger partial charge in [0.15, 0.2) is 11.9 Å². The Morgan fingerprint density at radius 2 is 2.15 bits per heavy atom. The van der Waals surface area contributed by atoms with E-state index in [-0.39, 0.29) is 12.6 Å². The second-order valence-electron chi connectivity index (χ2n) is 5.94. The maximum atomic E-state index is 12.1. The predicted molar refractivity (Wildman–Crippen MR) is 98.3 cm³/mol. The van der Waals surface area contributed by atoms with Gasteiger partial charge in [0.25, 0.3) is 0 Å². The van der Waals surface area contributed by atoms with Gasteiger partial charge in [-0.2, -0.15) is 5.10 Å². The van der Waals surface area contributed by atoms with E-state index in [0.717, 1.165) is 22.2 Å². The van der Waals surface area contributed by atoms with E-state index in [2.05, 4.69) is 15.2 Å². The van der Waals surface area contributed by atoms with E-state index < -0.39 is 6.04 Å². The number of halogens is 1. The van der Waals surface area contributed by atoms with Gasteiger partial charge in [0.2, 0.25) is 0 Å². The lowest BCUT2D eigenvalue weighted by molar-refractivity contribution is -0.144. The van der Waals surface area contributed by atoms with Crippen molar-refractivity contribution in [1.29, 1.82) is 0 Å². The second-order valence-corrected chi connectivity index (χ2v) is 6.38. The largest absolute Gasteiger partial charge is 0.467 e. The van der Waals surface area contributed by atoms with Crippen LogP contribution in [0.5, 0.6) is 0 Å². The summed E-state index contributed by atoms with van der Waals surface area (Å²) in [4.78, 5) is 18.5. The number of ether oxygens (including phenoxy) is 2. The van der Waals surface area contributed by atoms with Crippen LogP contribution in [0.1, 0.15) is 0 Å². The van der Waals surface area contributed by atoms with Gasteiger partial charge < -0.3 is 14.4 Å². The SMILES string of the molecule is COC(=O)C1COCCN1c1n[nH]c2c(-c3ccc(Cl)cc3)nccc12. The van der Waals surface area contributed by atoms with Crippen molar-refractivity contribution in [1.82, 2.24) is 15.2 Å². The monoisotopic (exact) mass is 372 g/mol. The molecule has 1 atom stereocenters. The fourth-order valence-corrected chi connectivity index (χ4v) is 3.29. The molecule has 3 aromatic rings. The third-order valence-electron chi connectivity index (χ3n) is 4.46. The number of nitrogens with zero attached hydrogens (tertiary/aromatic N) is 3. The smallest absolute Gasteiger partial charge is 0.330 e. The molecule has 4 rings (SSSR count). The number of aromatic amines is 1. The highest BCUT2D eigenvalue weighted by Gasteiger charge is 2.33. The Bertz CT molecular complexity index is 941. The van der Waals surface area contributed by atoms with Crippen molar-refractivity contribution in [2.75, 3.05) is 31.8 Å². The number of hydrogen-bond donors (Lipinski definition) is 1. The molecule has 1 unspecified atom stereocenters. The molecule has 7 nitrogen and oxygen atoms in total. The fraction of sp³-hybridized carbons (Fsp3) is 0.278. The first-order valence-electron chi connectivity index (χ1n) is 8.20. The molecule has 8 heteroatoms. The topological polar surface area (TPSA) is 80.3 Å². The van der Waals surface area contributed by atoms with Crippen molar-refractivity contribution in [2.24, 2.45) is 0 Å². The van der Waals surface area contributed by atoms with Gasteiger partial charge >= 0.3 is 5.97 Å². The molecule has 0 saturated carbocycles. The zero-order chi connectivity index (χ0) is 18.1. The number of hydrogen-bond acceptors (Lipinski definition) is 6. The molecule has 1 N–H and O–H groups in total. The standard InChI is InChI=1S/C18H17ClN4O3/c1-25-18(24)14-10-26-9-8-23(14)17-13-6-7-20-15(16(13)21-22-17)11-2-4-12(19)5-3-11/h2-7,14H,8-10H2,1H3,(H,21,22). The summed E-state index contributed by atoms with van der Waals surface area (Å²) < 4.78 is 10.4. The summed E-state index contributed by atoms with van der Waals surface area (Å²) in [5, 5.41) is 9.08. The van der Waals surface area contributed by atoms with E-state index in [0.29, 0.717) is 24.0 Å². The molecule has 0 radical (unpaired) electrons. The highest BCUT2D eigenvalue weighted by atomic mass is 35.5. The van der Waals surface area contributed by atoms with Gasteiger partial charge in [-0.25, -0.2) is 4.79 Å². The molecule has 0 spiro atoms. The van der Waals surface area contributed by atoms with Crippen molar-refractivity contribution in [3.8, 4) is 11.3 Å². The van der Waals surface area contributed by atoms with E-state index in [9.17, 15) is 4.79 Å². The lowest BCUT2D eigenvalue weighted by atomic mass is 10.1. The average molecular weight is 373 g/mol. The Kier molecular flexibility index (Phi) is 4.48. The number of morpholine rings is 1. The van der Waals surface area contributed by atoms with Crippen molar-refractivity contribution in [2.45, 2.75) is 6.04 Å². The Morgan fingerprint density at radius 3 is 2.92 bits per heavy atom. The maximum absolute atomic E-state index is 12.1. The van der Waals surface area contributed by atoms with Gasteiger partial charge in [-0.1, -0.05) is 23.7 Å². The Morgan fingerprint density at radius 1 is 1.35 bits per heavy atom. The molecule has 1 saturated heterocycles. The molecule has 26 heavy (non-hydrogen) atoms. The number of carbonyl (C=O) groups excluding carboxylic acids is 1. The number of pyridine rings is 1. The van der Waals surface area contributed by atoms with E-state index in [1.54, 1.807) is 6.20 Å². The molecule has 1 fully saturated rings. The third kappa shape index (κ3) is 2.89. The van der Waals surface area contributed by atoms with Crippen LogP contribution in [0.2, 0.25) is 5.02 Å². The molecular weight excluding hydrogens is 356 g/mol. The molecule has 0 amide bonds. The van der Waals surface area contributed by atoms with Gasteiger partial charge in [-0.05, 0) is 18.2 Å². The predicted octanol–water partition coefficient (Wildman–Crippen LogP) is 2.66. The van der Waals surface area contributed by atoms with E-state index in [1.807, 2.05) is 35.2 Å². The molecule has 2 aromatic heterocycles. The Balaban J connectivity index is 1.79. The summed E-state index contributed by atoms with van der Waals surface area (Å²) in [5.41, 5.74) is 2.52. The highest BCUT2D eigenvalue weighted by molar-refractivity contribution is 6.30. The summed E-state index contributed by atoms with van der Waals surface area (Å²) >= 11 is 5.98. The third-order valence-corrected chi connectivity index (χ3v) is 4.71. The van der Waals surface area contributed by atoms with Gasteiger partial charge in [0.1, 0.15) is 0 Å². The molecule has 1 aromatic carbocycles. The normalized spacial score (nSPS) is 17.5. The number of H-pyrrole nitrogens is 1. The van der Waals surface area contributed by atoms with Crippen LogP contribution in [0.3, 0.4) is 0 Å². The summed E-state index contributed by atoms with van der Waals surface area (Å²) in [6.07, 6.45) is 1.74. The number of rotatable bonds is 3. The van der Waals surface area contributed by atoms with Crippen molar-refractivity contribution < 1.29 is 14.3 Å². The Labute approximate surface area is 154 Å². The lowest BCUT2D eigenvalue weighted by Crippen LogP contribution is -2.50. The molecule has 0 bridgehead atoms. The summed E-state index contributed by atoms with van der Waals surface area (Å²) in [6.45, 7) is 1.35. The van der Waals surface area contributed by atoms with Crippen molar-refractivity contribution in [3.63, 3.8) is 0 Å². The summed E-state index contributed by atoms with van der Waals surface area (Å²) in [7, 11) is 1.38. The van der Waals surface area contributed by atoms with Gasteiger partial charge in [-0.15, -0.1) is 0 Å². The molecule has 3 heterocycles. The fourth-order valence-electron chi connectivity index (χ4n) is 3.16. The molecular formula is C18H17ClN4O3. The highest BCUT2D eigenvalue weighted by Crippen LogP contribution is 2.32. The van der Waals surface area contributed by atoms with Crippen LogP contribution < -0.4 is 4.90 Å². The van der Waals surface area contributed by atoms with Crippen LogP contribution in [0, 0.1) is 0 Å². The summed E-state index contributed by atoms with van der Waals surface area (Å²) in [5.74, 6) is 0.351. The number of carbonyl (C=O) groups is 1. The van der Waals surface area contributed by atoms with E-state index in [4.69, 9.17) is 21.1 Å². The first kappa shape index (κ1) is 16.8. The van der Waals surface area contributed by atoms with Crippen LogP contribution in [0.15, 0.2) is 36.5 Å². The first-order chi connectivity index (χ1) is 12.7. The molecule has 1 aliphatic rings. The number of nitrogens with one attached hydrogen (secondary N) is 1. The zero-order valence-corrected chi connectivity index (χ0v) is 14.9. The first-order valence-corrected chi connectivity index (χ1v) is 8.58. The minimum absolute atomic E-state index is 0.274. The van der Waals surface area contributed by atoms with Crippen LogP contribution >= 0.6 is 11.6 Å². The van der Waals surface area contributed by atoms with Gasteiger partial charge in [0, 0.05) is 28.7 Å². The molecule has 0 aliphatic carbocycles. The Hall–Kier alpha value is -2.64. The number of esters is 1. The molecule has 1 aliphatic heterocycles.